The fraction of sp³-hybridized carbons (Fsp3) is 0.357. The van der Waals surface area contributed by atoms with Crippen LogP contribution in [-0.4, -0.2) is 72.1 Å². The highest BCUT2D eigenvalue weighted by Crippen LogP contribution is 2.60. The van der Waals surface area contributed by atoms with E-state index in [9.17, 15) is 14.7 Å². The number of nitrogens with zero attached hydrogens (tertiary/aromatic N) is 3. The molecule has 5 atom stereocenters. The van der Waals surface area contributed by atoms with Gasteiger partial charge in [-0.2, -0.15) is 0 Å². The molecule has 3 aliphatic heterocycles. The Kier molecular flexibility index (Phi) is 8.91. The number of carbonyl (C=O) groups excluding carboxylic acids is 2. The van der Waals surface area contributed by atoms with Crippen LogP contribution >= 0.6 is 0 Å². The second-order valence-corrected chi connectivity index (χ2v) is 20.0. The molecule has 4 heterocycles. The zero-order chi connectivity index (χ0) is 37.1. The normalized spacial score (nSPS) is 24.1. The number of methoxy groups -OCH3 is 1. The van der Waals surface area contributed by atoms with Gasteiger partial charge in [0.25, 0.3) is 11.5 Å². The Labute approximate surface area is 309 Å². The second-order valence-electron chi connectivity index (χ2n) is 15.3. The zero-order valence-electron chi connectivity index (χ0n) is 30.6. The van der Waals surface area contributed by atoms with Crippen LogP contribution in [0.5, 0.6) is 5.75 Å². The van der Waals surface area contributed by atoms with E-state index in [2.05, 4.69) is 37.2 Å². The zero-order valence-corrected chi connectivity index (χ0v) is 31.6. The molecular weight excluding hydrogens is 685 g/mol. The molecule has 0 radical (unpaired) electrons. The summed E-state index contributed by atoms with van der Waals surface area (Å²) in [5, 5.41) is 15.1. The topological polar surface area (TPSA) is 117 Å². The molecule has 10 nitrogen and oxygen atoms in total. The third kappa shape index (κ3) is 5.64. The predicted molar refractivity (Wildman–Crippen MR) is 208 cm³/mol. The molecule has 5 aromatic rings. The first-order valence-corrected chi connectivity index (χ1v) is 21.6. The Morgan fingerprint density at radius 1 is 0.981 bits per heavy atom. The molecule has 274 valence electrons. The van der Waals surface area contributed by atoms with Gasteiger partial charge in [-0.1, -0.05) is 79.8 Å². The lowest BCUT2D eigenvalue weighted by Crippen LogP contribution is -2.52. The van der Waals surface area contributed by atoms with E-state index in [1.54, 1.807) is 13.2 Å². The van der Waals surface area contributed by atoms with Crippen molar-refractivity contribution in [1.29, 1.82) is 0 Å². The van der Waals surface area contributed by atoms with Gasteiger partial charge in [-0.15, -0.1) is 0 Å². The van der Waals surface area contributed by atoms with E-state index < -0.39 is 19.8 Å². The first kappa shape index (κ1) is 35.1. The number of fused-ring (bicyclic) bond motifs is 3. The van der Waals surface area contributed by atoms with Crippen LogP contribution in [0.2, 0.25) is 18.6 Å². The molecule has 8 rings (SSSR count). The second kappa shape index (κ2) is 13.5. The van der Waals surface area contributed by atoms with E-state index >= 15 is 4.79 Å². The molecule has 0 saturated carbocycles. The molecule has 3 aliphatic rings. The molecule has 53 heavy (non-hydrogen) atoms. The molecule has 1 aromatic heterocycles. The highest BCUT2D eigenvalue weighted by atomic mass is 28.3. The van der Waals surface area contributed by atoms with Gasteiger partial charge in [0.05, 0.1) is 69.2 Å². The Balaban J connectivity index is 1.14. The van der Waals surface area contributed by atoms with Crippen molar-refractivity contribution in [2.75, 3.05) is 25.2 Å². The van der Waals surface area contributed by atoms with E-state index in [4.69, 9.17) is 9.47 Å². The quantitative estimate of drug-likeness (QED) is 0.195. The molecule has 11 heteroatoms. The summed E-state index contributed by atoms with van der Waals surface area (Å²) < 4.78 is 14.2. The molecule has 2 fully saturated rings. The molecule has 0 aliphatic carbocycles. The van der Waals surface area contributed by atoms with E-state index in [1.807, 2.05) is 88.7 Å². The van der Waals surface area contributed by atoms with Gasteiger partial charge in [0.15, 0.2) is 5.60 Å². The number of nitrogens with one attached hydrogen (secondary N) is 1. The number of anilines is 1. The summed E-state index contributed by atoms with van der Waals surface area (Å²) in [6.07, 6.45) is 1.28. The third-order valence-electron chi connectivity index (χ3n) is 12.2. The largest absolute Gasteiger partial charge is 0.497 e. The van der Waals surface area contributed by atoms with Crippen LogP contribution in [-0.2, 0) is 26.5 Å². The van der Waals surface area contributed by atoms with Crippen molar-refractivity contribution in [3.8, 4) is 11.4 Å². The first-order chi connectivity index (χ1) is 25.6. The summed E-state index contributed by atoms with van der Waals surface area (Å²) in [5.74, 6) is 0.366. The van der Waals surface area contributed by atoms with Crippen LogP contribution in [0.1, 0.15) is 37.3 Å². The van der Waals surface area contributed by atoms with Gasteiger partial charge < -0.3 is 24.4 Å². The number of likely N-dealkylation sites (tertiary alicyclic amines) is 1. The molecule has 2 saturated heterocycles. The number of aliphatic hydroxyl groups excluding tert-OH is 1. The van der Waals surface area contributed by atoms with Gasteiger partial charge in [0, 0.05) is 18.0 Å². The fourth-order valence-corrected chi connectivity index (χ4v) is 13.5. The number of ether oxygens (including phenoxy) is 2. The summed E-state index contributed by atoms with van der Waals surface area (Å²) in [4.78, 5) is 45.9. The van der Waals surface area contributed by atoms with Crippen molar-refractivity contribution < 1.29 is 24.2 Å². The Morgan fingerprint density at radius 3 is 2.42 bits per heavy atom. The molecule has 2 amide bonds. The monoisotopic (exact) mass is 730 g/mol. The summed E-state index contributed by atoms with van der Waals surface area (Å²) in [7, 11) is -0.784. The van der Waals surface area contributed by atoms with E-state index in [1.165, 1.54) is 9.87 Å². The highest BCUT2D eigenvalue weighted by Gasteiger charge is 2.66. The van der Waals surface area contributed by atoms with Crippen LogP contribution < -0.4 is 20.4 Å². The first-order valence-electron chi connectivity index (χ1n) is 18.5. The Morgan fingerprint density at radius 2 is 1.70 bits per heavy atom. The standard InChI is InChI=1S/C42H46N4O6Si/c1-27-39(53(3,4)32-21-19-31(51-2)20-22-32)37(24-38(48)44-23-9-10-30(44)26-47)52-42(27)34-12-6-8-14-36(34)45(41(42)50)25-28-15-17-29(18-16-28)46-40(49)33-11-5-7-13-35(33)43-46/h5-8,11-22,27,30,37,39,43,47H,9-10,23-26H2,1-4H3/t27-,30-,37+,39-,42+/m0/s1. The lowest BCUT2D eigenvalue weighted by molar-refractivity contribution is -0.150. The van der Waals surface area contributed by atoms with E-state index in [0.29, 0.717) is 24.2 Å². The number of aromatic nitrogens is 2. The number of hydrogen-bond acceptors (Lipinski definition) is 6. The molecule has 4 aromatic carbocycles. The number of aromatic amines is 1. The number of benzene rings is 4. The molecule has 0 bridgehead atoms. The van der Waals surface area contributed by atoms with Gasteiger partial charge in [0.2, 0.25) is 5.91 Å². The summed E-state index contributed by atoms with van der Waals surface area (Å²) in [6.45, 7) is 7.62. The van der Waals surface area contributed by atoms with Gasteiger partial charge in [0.1, 0.15) is 5.75 Å². The average Bonchev–Trinajstić information content (AvgIpc) is 3.92. The molecule has 0 unspecified atom stereocenters. The number of para-hydroxylation sites is 2. The van der Waals surface area contributed by atoms with Gasteiger partial charge >= 0.3 is 0 Å². The van der Waals surface area contributed by atoms with Gasteiger partial charge in [-0.25, -0.2) is 4.68 Å². The third-order valence-corrected chi connectivity index (χ3v) is 16.5. The number of rotatable bonds is 9. The van der Waals surface area contributed by atoms with Crippen molar-refractivity contribution in [3.63, 3.8) is 0 Å². The molecule has 1 spiro atoms. The van der Waals surface area contributed by atoms with E-state index in [-0.39, 0.29) is 47.9 Å². The molecule has 2 N–H and O–H groups in total. The fourth-order valence-electron chi connectivity index (χ4n) is 9.44. The summed E-state index contributed by atoms with van der Waals surface area (Å²) in [6, 6.07) is 31.0. The lowest BCUT2D eigenvalue weighted by atomic mass is 9.82. The van der Waals surface area contributed by atoms with Crippen LogP contribution in [0.15, 0.2) is 102 Å². The summed E-state index contributed by atoms with van der Waals surface area (Å²) >= 11 is 0. The predicted octanol–water partition coefficient (Wildman–Crippen LogP) is 5.46. The van der Waals surface area contributed by atoms with Crippen molar-refractivity contribution >= 4 is 41.7 Å². The minimum absolute atomic E-state index is 0.0370. The van der Waals surface area contributed by atoms with Crippen molar-refractivity contribution in [1.82, 2.24) is 14.7 Å². The van der Waals surface area contributed by atoms with E-state index in [0.717, 1.165) is 40.9 Å². The SMILES string of the molecule is COc1ccc([Si](C)(C)[C@@H]2[C@@H](CC(=O)N3CCC[C@H]3CO)O[C@]3(C(=O)N(Cc4ccc(-n5[nH]c6ccccc6c5=O)cc4)c4ccccc43)[C@H]2C)cc1. The Hall–Kier alpha value is -4.97. The lowest BCUT2D eigenvalue weighted by Gasteiger charge is -2.37. The minimum Gasteiger partial charge on any atom is -0.497 e. The maximum absolute atomic E-state index is 15.1. The maximum atomic E-state index is 15.1. The molecular formula is C42H46N4O6Si. The number of H-pyrrole nitrogens is 1. The van der Waals surface area contributed by atoms with Gasteiger partial charge in [-0.05, 0) is 66.4 Å². The number of hydrogen-bond donors (Lipinski definition) is 2. The van der Waals surface area contributed by atoms with Crippen molar-refractivity contribution in [2.24, 2.45) is 5.92 Å². The minimum atomic E-state index is -2.44. The van der Waals surface area contributed by atoms with Crippen LogP contribution in [0, 0.1) is 5.92 Å². The highest BCUT2D eigenvalue weighted by molar-refractivity contribution is 6.91. The number of amides is 2. The van der Waals surface area contributed by atoms with Crippen molar-refractivity contribution in [3.05, 3.63) is 119 Å². The Bertz CT molecular complexity index is 2230. The smallest absolute Gasteiger partial charge is 0.279 e. The number of aliphatic hydroxyl groups is 1. The average molecular weight is 731 g/mol. The van der Waals surface area contributed by atoms with Crippen LogP contribution in [0.3, 0.4) is 0 Å². The van der Waals surface area contributed by atoms with Crippen molar-refractivity contribution in [2.45, 2.75) is 69.1 Å². The van der Waals surface area contributed by atoms with Gasteiger partial charge in [-0.3, -0.25) is 19.5 Å². The summed E-state index contributed by atoms with van der Waals surface area (Å²) in [5.41, 5.74) is 2.53. The number of carbonyl (C=O) groups is 2. The van der Waals surface area contributed by atoms with Crippen LogP contribution in [0.4, 0.5) is 5.69 Å². The van der Waals surface area contributed by atoms with Crippen LogP contribution in [0.25, 0.3) is 16.6 Å². The maximum Gasteiger partial charge on any atom is 0.279 e.